The molecule has 1 heterocycles. The van der Waals surface area contributed by atoms with Gasteiger partial charge in [-0.15, -0.1) is 0 Å². The Bertz CT molecular complexity index is 801. The Kier molecular flexibility index (Phi) is 4.48. The van der Waals surface area contributed by atoms with Gasteiger partial charge in [0, 0.05) is 35.2 Å². The van der Waals surface area contributed by atoms with Crippen molar-refractivity contribution in [1.29, 1.82) is 0 Å². The molecule has 130 valence electrons. The lowest BCUT2D eigenvalue weighted by molar-refractivity contribution is 0.468. The Balaban J connectivity index is 1.61. The van der Waals surface area contributed by atoms with E-state index in [4.69, 9.17) is 5.73 Å². The first kappa shape index (κ1) is 16.6. The van der Waals surface area contributed by atoms with Crippen LogP contribution in [0.3, 0.4) is 0 Å². The van der Waals surface area contributed by atoms with E-state index < -0.39 is 5.66 Å². The molecular weight excluding hydrogens is 326 g/mol. The van der Waals surface area contributed by atoms with Crippen LogP contribution in [0.5, 0.6) is 0 Å². The zero-order valence-electron chi connectivity index (χ0n) is 14.6. The van der Waals surface area contributed by atoms with Gasteiger partial charge in [0.25, 0.3) is 0 Å². The first-order valence-corrected chi connectivity index (χ1v) is 10.3. The third-order valence-corrected chi connectivity index (χ3v) is 5.93. The Hall–Kier alpha value is -1.91. The van der Waals surface area contributed by atoms with Crippen LogP contribution in [-0.2, 0) is 6.42 Å². The van der Waals surface area contributed by atoms with E-state index in [1.807, 2.05) is 11.8 Å². The zero-order valence-corrected chi connectivity index (χ0v) is 15.4. The maximum absolute atomic E-state index is 6.84. The van der Waals surface area contributed by atoms with Crippen molar-refractivity contribution in [3.8, 4) is 0 Å². The van der Waals surface area contributed by atoms with Crippen LogP contribution < -0.4 is 16.4 Å². The fourth-order valence-electron chi connectivity index (χ4n) is 4.05. The summed E-state index contributed by atoms with van der Waals surface area (Å²) < 4.78 is 0. The molecule has 1 unspecified atom stereocenters. The van der Waals surface area contributed by atoms with Gasteiger partial charge < -0.3 is 16.4 Å². The van der Waals surface area contributed by atoms with Crippen molar-refractivity contribution < 1.29 is 0 Å². The van der Waals surface area contributed by atoms with E-state index in [1.54, 1.807) is 0 Å². The standard InChI is InChI=1S/C21H25N3S/c1-25-14-13-23-19-7-4-8-20-17(19)11-12-21(22,24-20)18-10-9-15-5-2-3-6-16(15)18/h2-8,11-12,18,23-24H,9-10,13-14,22H2,1H3/t18?,21-/m1/s1. The van der Waals surface area contributed by atoms with Gasteiger partial charge in [0.15, 0.2) is 0 Å². The van der Waals surface area contributed by atoms with E-state index in [-0.39, 0.29) is 0 Å². The first-order chi connectivity index (χ1) is 12.2. The third-order valence-electron chi connectivity index (χ3n) is 5.31. The number of nitrogens with two attached hydrogens (primary N) is 1. The van der Waals surface area contributed by atoms with Gasteiger partial charge in [-0.3, -0.25) is 0 Å². The molecule has 4 rings (SSSR count). The maximum atomic E-state index is 6.84. The van der Waals surface area contributed by atoms with E-state index in [9.17, 15) is 0 Å². The molecule has 25 heavy (non-hydrogen) atoms. The van der Waals surface area contributed by atoms with Crippen molar-refractivity contribution in [3.05, 3.63) is 65.2 Å². The minimum Gasteiger partial charge on any atom is -0.384 e. The van der Waals surface area contributed by atoms with Gasteiger partial charge in [-0.05, 0) is 48.4 Å². The molecule has 4 heteroatoms. The van der Waals surface area contributed by atoms with Crippen molar-refractivity contribution in [1.82, 2.24) is 0 Å². The van der Waals surface area contributed by atoms with Gasteiger partial charge in [-0.25, -0.2) is 0 Å². The molecule has 0 saturated heterocycles. The second-order valence-electron chi connectivity index (χ2n) is 6.87. The second-order valence-corrected chi connectivity index (χ2v) is 7.85. The summed E-state index contributed by atoms with van der Waals surface area (Å²) in [5.74, 6) is 1.40. The van der Waals surface area contributed by atoms with Crippen LogP contribution >= 0.6 is 11.8 Å². The fourth-order valence-corrected chi connectivity index (χ4v) is 4.35. The summed E-state index contributed by atoms with van der Waals surface area (Å²) in [5, 5.41) is 7.17. The molecule has 0 saturated carbocycles. The Morgan fingerprint density at radius 2 is 2.12 bits per heavy atom. The Morgan fingerprint density at radius 1 is 1.24 bits per heavy atom. The molecule has 0 spiro atoms. The number of anilines is 2. The first-order valence-electron chi connectivity index (χ1n) is 8.91. The average molecular weight is 352 g/mol. The summed E-state index contributed by atoms with van der Waals surface area (Å²) in [7, 11) is 0. The number of aryl methyl sites for hydroxylation is 1. The van der Waals surface area contributed by atoms with Crippen molar-refractivity contribution in [2.24, 2.45) is 5.73 Å². The number of nitrogens with one attached hydrogen (secondary N) is 2. The maximum Gasteiger partial charge on any atom is 0.112 e. The highest BCUT2D eigenvalue weighted by Gasteiger charge is 2.39. The lowest BCUT2D eigenvalue weighted by atomic mass is 9.84. The van der Waals surface area contributed by atoms with Gasteiger partial charge in [0.1, 0.15) is 5.66 Å². The van der Waals surface area contributed by atoms with E-state index in [0.717, 1.165) is 30.8 Å². The number of fused-ring (bicyclic) bond motifs is 2. The fraction of sp³-hybridized carbons (Fsp3) is 0.333. The van der Waals surface area contributed by atoms with Gasteiger partial charge in [0.2, 0.25) is 0 Å². The van der Waals surface area contributed by atoms with Gasteiger partial charge >= 0.3 is 0 Å². The van der Waals surface area contributed by atoms with Crippen molar-refractivity contribution in [2.75, 3.05) is 29.2 Å². The predicted molar refractivity (Wildman–Crippen MR) is 110 cm³/mol. The van der Waals surface area contributed by atoms with Gasteiger partial charge in [-0.2, -0.15) is 11.8 Å². The van der Waals surface area contributed by atoms with Crippen LogP contribution in [0.1, 0.15) is 29.0 Å². The summed E-state index contributed by atoms with van der Waals surface area (Å²) >= 11 is 1.85. The molecule has 2 aromatic rings. The summed E-state index contributed by atoms with van der Waals surface area (Å²) in [4.78, 5) is 0. The molecule has 2 atom stereocenters. The number of rotatable bonds is 5. The normalized spacial score (nSPS) is 23.7. The monoisotopic (exact) mass is 351 g/mol. The molecule has 0 fully saturated rings. The molecule has 0 amide bonds. The van der Waals surface area contributed by atoms with E-state index >= 15 is 0 Å². The molecule has 1 aliphatic carbocycles. The van der Waals surface area contributed by atoms with Crippen LogP contribution in [-0.4, -0.2) is 24.2 Å². The van der Waals surface area contributed by atoms with Crippen LogP contribution in [0.2, 0.25) is 0 Å². The number of hydrogen-bond donors (Lipinski definition) is 3. The third kappa shape index (κ3) is 3.05. The van der Waals surface area contributed by atoms with Gasteiger partial charge in [-0.1, -0.05) is 36.4 Å². The van der Waals surface area contributed by atoms with Crippen LogP contribution in [0, 0.1) is 0 Å². The molecule has 0 bridgehead atoms. The number of benzene rings is 2. The summed E-state index contributed by atoms with van der Waals surface area (Å²) in [6.07, 6.45) is 8.68. The summed E-state index contributed by atoms with van der Waals surface area (Å²) in [6.45, 7) is 0.967. The highest BCUT2D eigenvalue weighted by atomic mass is 32.2. The zero-order chi connectivity index (χ0) is 17.3. The molecule has 3 nitrogen and oxygen atoms in total. The van der Waals surface area contributed by atoms with Crippen LogP contribution in [0.4, 0.5) is 11.4 Å². The lowest BCUT2D eigenvalue weighted by Crippen LogP contribution is -2.51. The lowest BCUT2D eigenvalue weighted by Gasteiger charge is -2.38. The topological polar surface area (TPSA) is 50.1 Å². The molecule has 0 aromatic heterocycles. The van der Waals surface area contributed by atoms with E-state index in [2.05, 4.69) is 71.5 Å². The Morgan fingerprint density at radius 3 is 3.00 bits per heavy atom. The highest BCUT2D eigenvalue weighted by molar-refractivity contribution is 7.98. The van der Waals surface area contributed by atoms with Crippen molar-refractivity contribution >= 4 is 29.2 Å². The van der Waals surface area contributed by atoms with Crippen molar-refractivity contribution in [3.63, 3.8) is 0 Å². The van der Waals surface area contributed by atoms with Gasteiger partial charge in [0.05, 0.1) is 0 Å². The van der Waals surface area contributed by atoms with E-state index in [1.165, 1.54) is 22.4 Å². The van der Waals surface area contributed by atoms with E-state index in [0.29, 0.717) is 5.92 Å². The molecule has 2 aliphatic rings. The summed E-state index contributed by atoms with van der Waals surface area (Å²) in [5.41, 5.74) is 12.6. The predicted octanol–water partition coefficient (Wildman–Crippen LogP) is 4.29. The molecule has 1 aliphatic heterocycles. The molecule has 2 aromatic carbocycles. The number of thioether (sulfide) groups is 1. The largest absolute Gasteiger partial charge is 0.384 e. The van der Waals surface area contributed by atoms with Crippen molar-refractivity contribution in [2.45, 2.75) is 24.4 Å². The smallest absolute Gasteiger partial charge is 0.112 e. The SMILES string of the molecule is CSCCNc1cccc2c1C=C[C@](N)(C1CCc3ccccc31)N2. The van der Waals surface area contributed by atoms with Crippen LogP contribution in [0.15, 0.2) is 48.5 Å². The molecule has 4 N–H and O–H groups in total. The van der Waals surface area contributed by atoms with Crippen LogP contribution in [0.25, 0.3) is 6.08 Å². The Labute approximate surface area is 154 Å². The quantitative estimate of drug-likeness (QED) is 0.704. The highest BCUT2D eigenvalue weighted by Crippen LogP contribution is 2.43. The summed E-state index contributed by atoms with van der Waals surface area (Å²) in [6, 6.07) is 15.1. The minimum absolute atomic E-state index is 0.307. The number of hydrogen-bond acceptors (Lipinski definition) is 4. The minimum atomic E-state index is -0.530. The average Bonchev–Trinajstić information content (AvgIpc) is 3.07. The molecule has 0 radical (unpaired) electrons. The molecular formula is C21H25N3S. The second kappa shape index (κ2) is 6.77.